The number of aliphatic hydroxyl groups is 1. The molecule has 0 aromatic rings. The Bertz CT molecular complexity index is 174. The molecule has 0 aliphatic carbocycles. The molecule has 2 aliphatic heterocycles. The first-order chi connectivity index (χ1) is 4.77. The van der Waals surface area contributed by atoms with Gasteiger partial charge in [0.05, 0.1) is 6.61 Å². The van der Waals surface area contributed by atoms with E-state index in [0.29, 0.717) is 6.61 Å². The number of hydrogen-bond acceptors (Lipinski definition) is 2. The third kappa shape index (κ3) is 0.607. The van der Waals surface area contributed by atoms with Gasteiger partial charge in [-0.3, -0.25) is 4.90 Å². The maximum atomic E-state index is 9.08. The van der Waals surface area contributed by atoms with Crippen molar-refractivity contribution in [2.24, 2.45) is 0 Å². The molecule has 1 unspecified atom stereocenters. The maximum absolute atomic E-state index is 9.08. The molecule has 2 nitrogen and oxygen atoms in total. The van der Waals surface area contributed by atoms with Crippen LogP contribution in [-0.2, 0) is 0 Å². The number of hydrogen-bond donors (Lipinski definition) is 1. The summed E-state index contributed by atoms with van der Waals surface area (Å²) >= 11 is 0. The molecule has 2 heteroatoms. The summed E-state index contributed by atoms with van der Waals surface area (Å²) in [5.41, 5.74) is 1.42. The standard InChI is InChI=1S/C8H13NO/c1-7-4-8(6-10)2-3-9(8)5-7/h10H,1-6H2. The van der Waals surface area contributed by atoms with E-state index in [1.165, 1.54) is 5.57 Å². The lowest BCUT2D eigenvalue weighted by Crippen LogP contribution is -2.57. The number of nitrogens with zero attached hydrogens (tertiary/aromatic N) is 1. The molecular weight excluding hydrogens is 126 g/mol. The van der Waals surface area contributed by atoms with E-state index in [1.807, 2.05) is 0 Å². The first-order valence-corrected chi connectivity index (χ1v) is 3.79. The van der Waals surface area contributed by atoms with Crippen molar-refractivity contribution in [2.45, 2.75) is 18.4 Å². The van der Waals surface area contributed by atoms with Crippen LogP contribution in [-0.4, -0.2) is 35.2 Å². The van der Waals surface area contributed by atoms with Crippen molar-refractivity contribution in [3.05, 3.63) is 12.2 Å². The third-order valence-corrected chi connectivity index (χ3v) is 2.81. The minimum Gasteiger partial charge on any atom is -0.394 e. The lowest BCUT2D eigenvalue weighted by Gasteiger charge is -2.46. The molecule has 0 radical (unpaired) electrons. The fourth-order valence-corrected chi connectivity index (χ4v) is 2.06. The topological polar surface area (TPSA) is 23.5 Å². The van der Waals surface area contributed by atoms with Crippen LogP contribution in [0.25, 0.3) is 0 Å². The van der Waals surface area contributed by atoms with Crippen LogP contribution in [0.2, 0.25) is 0 Å². The Hall–Kier alpha value is -0.340. The summed E-state index contributed by atoms with van der Waals surface area (Å²) in [6.45, 7) is 6.41. The zero-order valence-electron chi connectivity index (χ0n) is 6.14. The minimum atomic E-state index is 0.136. The second-order valence-corrected chi connectivity index (χ2v) is 3.48. The van der Waals surface area contributed by atoms with E-state index in [-0.39, 0.29) is 5.54 Å². The average Bonchev–Trinajstić information content (AvgIpc) is 2.11. The van der Waals surface area contributed by atoms with Gasteiger partial charge in [0.25, 0.3) is 0 Å². The Kier molecular flexibility index (Phi) is 1.17. The second kappa shape index (κ2) is 1.83. The first-order valence-electron chi connectivity index (χ1n) is 3.79. The molecule has 0 spiro atoms. The molecule has 0 amide bonds. The zero-order valence-corrected chi connectivity index (χ0v) is 6.14. The van der Waals surface area contributed by atoms with Gasteiger partial charge in [0.15, 0.2) is 0 Å². The van der Waals surface area contributed by atoms with Crippen LogP contribution in [0.4, 0.5) is 0 Å². The highest BCUT2D eigenvalue weighted by molar-refractivity contribution is 5.19. The van der Waals surface area contributed by atoms with Crippen LogP contribution in [0.1, 0.15) is 12.8 Å². The molecule has 1 atom stereocenters. The quantitative estimate of drug-likeness (QED) is 0.531. The van der Waals surface area contributed by atoms with Gasteiger partial charge in [-0.1, -0.05) is 12.2 Å². The van der Waals surface area contributed by atoms with Crippen LogP contribution in [0.5, 0.6) is 0 Å². The van der Waals surface area contributed by atoms with Crippen molar-refractivity contribution < 1.29 is 5.11 Å². The fourth-order valence-electron chi connectivity index (χ4n) is 2.06. The molecule has 2 fully saturated rings. The highest BCUT2D eigenvalue weighted by Gasteiger charge is 2.48. The summed E-state index contributed by atoms with van der Waals surface area (Å²) in [6.07, 6.45) is 2.17. The Morgan fingerprint density at radius 1 is 1.70 bits per heavy atom. The van der Waals surface area contributed by atoms with Gasteiger partial charge in [-0.25, -0.2) is 0 Å². The Balaban J connectivity index is 2.17. The van der Waals surface area contributed by atoms with E-state index >= 15 is 0 Å². The average molecular weight is 139 g/mol. The molecular formula is C8H13NO. The summed E-state index contributed by atoms with van der Waals surface area (Å²) in [5, 5.41) is 9.08. The molecule has 56 valence electrons. The van der Waals surface area contributed by atoms with Crippen LogP contribution in [0, 0.1) is 0 Å². The fraction of sp³-hybridized carbons (Fsp3) is 0.750. The summed E-state index contributed by atoms with van der Waals surface area (Å²) in [5.74, 6) is 0. The normalized spacial score (nSPS) is 39.5. The molecule has 0 aromatic carbocycles. The van der Waals surface area contributed by atoms with Gasteiger partial charge in [0.1, 0.15) is 0 Å². The molecule has 2 rings (SSSR count). The van der Waals surface area contributed by atoms with E-state index in [4.69, 9.17) is 5.11 Å². The monoisotopic (exact) mass is 139 g/mol. The van der Waals surface area contributed by atoms with E-state index < -0.39 is 0 Å². The smallest absolute Gasteiger partial charge is 0.0619 e. The summed E-state index contributed by atoms with van der Waals surface area (Å²) in [7, 11) is 0. The predicted molar refractivity (Wildman–Crippen MR) is 39.8 cm³/mol. The van der Waals surface area contributed by atoms with Crippen molar-refractivity contribution in [1.29, 1.82) is 0 Å². The highest BCUT2D eigenvalue weighted by Crippen LogP contribution is 2.41. The van der Waals surface area contributed by atoms with E-state index in [0.717, 1.165) is 25.9 Å². The van der Waals surface area contributed by atoms with Crippen LogP contribution >= 0.6 is 0 Å². The highest BCUT2D eigenvalue weighted by atomic mass is 16.3. The maximum Gasteiger partial charge on any atom is 0.0619 e. The Labute approximate surface area is 61.1 Å². The van der Waals surface area contributed by atoms with Crippen LogP contribution < -0.4 is 0 Å². The summed E-state index contributed by atoms with van der Waals surface area (Å²) < 4.78 is 0. The number of rotatable bonds is 1. The lowest BCUT2D eigenvalue weighted by molar-refractivity contribution is -0.0190. The van der Waals surface area contributed by atoms with Crippen molar-refractivity contribution in [3.63, 3.8) is 0 Å². The van der Waals surface area contributed by atoms with Crippen LogP contribution in [0.15, 0.2) is 12.2 Å². The molecule has 10 heavy (non-hydrogen) atoms. The Morgan fingerprint density at radius 3 is 2.80 bits per heavy atom. The molecule has 0 saturated carbocycles. The van der Waals surface area contributed by atoms with Crippen molar-refractivity contribution in [1.82, 2.24) is 4.90 Å². The minimum absolute atomic E-state index is 0.136. The van der Waals surface area contributed by atoms with Crippen molar-refractivity contribution >= 4 is 0 Å². The zero-order chi connectivity index (χ0) is 7.19. The SMILES string of the molecule is C=C1CN2CCC2(CO)C1. The second-order valence-electron chi connectivity index (χ2n) is 3.48. The van der Waals surface area contributed by atoms with Crippen LogP contribution in [0.3, 0.4) is 0 Å². The summed E-state index contributed by atoms with van der Waals surface area (Å²) in [4.78, 5) is 2.33. The molecule has 0 aromatic heterocycles. The van der Waals surface area contributed by atoms with E-state index in [9.17, 15) is 0 Å². The third-order valence-electron chi connectivity index (χ3n) is 2.81. The predicted octanol–water partition coefficient (Wildman–Crippen LogP) is 0.383. The lowest BCUT2D eigenvalue weighted by atomic mass is 9.85. The van der Waals surface area contributed by atoms with Gasteiger partial charge in [-0.15, -0.1) is 0 Å². The van der Waals surface area contributed by atoms with Crippen molar-refractivity contribution in [3.8, 4) is 0 Å². The molecule has 2 aliphatic rings. The van der Waals surface area contributed by atoms with E-state index in [2.05, 4.69) is 11.5 Å². The van der Waals surface area contributed by atoms with Gasteiger partial charge >= 0.3 is 0 Å². The van der Waals surface area contributed by atoms with Gasteiger partial charge < -0.3 is 5.11 Å². The largest absolute Gasteiger partial charge is 0.394 e. The molecule has 2 heterocycles. The van der Waals surface area contributed by atoms with Gasteiger partial charge in [-0.05, 0) is 12.8 Å². The van der Waals surface area contributed by atoms with E-state index in [1.54, 1.807) is 0 Å². The number of aliphatic hydroxyl groups excluding tert-OH is 1. The van der Waals surface area contributed by atoms with Gasteiger partial charge in [0, 0.05) is 18.6 Å². The number of fused-ring (bicyclic) bond motifs is 1. The van der Waals surface area contributed by atoms with Gasteiger partial charge in [-0.2, -0.15) is 0 Å². The summed E-state index contributed by atoms with van der Waals surface area (Å²) in [6, 6.07) is 0. The molecule has 1 N–H and O–H groups in total. The first kappa shape index (κ1) is 6.38. The van der Waals surface area contributed by atoms with Gasteiger partial charge in [0.2, 0.25) is 0 Å². The molecule has 0 bridgehead atoms. The molecule has 2 saturated heterocycles. The Morgan fingerprint density at radius 2 is 2.50 bits per heavy atom. The van der Waals surface area contributed by atoms with Crippen molar-refractivity contribution in [2.75, 3.05) is 19.7 Å².